The van der Waals surface area contributed by atoms with Gasteiger partial charge >= 0.3 is 0 Å². The molecule has 1 amide bonds. The van der Waals surface area contributed by atoms with Gasteiger partial charge in [-0.25, -0.2) is 0 Å². The number of rotatable bonds is 7. The Hall–Kier alpha value is -4.18. The van der Waals surface area contributed by atoms with E-state index in [2.05, 4.69) is 21.5 Å². The quantitative estimate of drug-likeness (QED) is 0.590. The van der Waals surface area contributed by atoms with Gasteiger partial charge in [-0.15, -0.1) is 0 Å². The summed E-state index contributed by atoms with van der Waals surface area (Å²) in [4.78, 5) is 21.9. The second-order valence-electron chi connectivity index (χ2n) is 7.58. The Balaban J connectivity index is 1.29. The Morgan fingerprint density at radius 1 is 1.22 bits per heavy atom. The number of hydrogen-bond donors (Lipinski definition) is 2. The van der Waals surface area contributed by atoms with Crippen LogP contribution in [0.2, 0.25) is 0 Å². The van der Waals surface area contributed by atoms with E-state index in [0.29, 0.717) is 30.7 Å². The summed E-state index contributed by atoms with van der Waals surface area (Å²) >= 11 is 0. The van der Waals surface area contributed by atoms with Crippen molar-refractivity contribution in [3.63, 3.8) is 0 Å². The van der Waals surface area contributed by atoms with E-state index in [1.165, 1.54) is 0 Å². The molecule has 2 atom stereocenters. The lowest BCUT2D eigenvalue weighted by Gasteiger charge is -2.12. The van der Waals surface area contributed by atoms with E-state index in [1.807, 2.05) is 42.5 Å². The van der Waals surface area contributed by atoms with E-state index < -0.39 is 6.10 Å². The van der Waals surface area contributed by atoms with Gasteiger partial charge < -0.3 is 15.3 Å². The van der Waals surface area contributed by atoms with Crippen molar-refractivity contribution in [1.29, 1.82) is 5.26 Å². The molecule has 1 aliphatic rings. The summed E-state index contributed by atoms with van der Waals surface area (Å²) in [6, 6.07) is 20.3. The number of nitrogens with one attached hydrogen (secondary N) is 1. The summed E-state index contributed by atoms with van der Waals surface area (Å²) in [5, 5.41) is 26.0. The maximum atomic E-state index is 12.5. The number of aromatic nitrogens is 1. The van der Waals surface area contributed by atoms with Gasteiger partial charge in [-0.3, -0.25) is 9.78 Å². The molecule has 0 bridgehead atoms. The molecule has 1 aromatic heterocycles. The molecule has 0 saturated carbocycles. The van der Waals surface area contributed by atoms with Crippen molar-refractivity contribution in [2.75, 3.05) is 5.32 Å². The highest BCUT2D eigenvalue weighted by Crippen LogP contribution is 2.25. The molecular formula is C25H22N4O3. The van der Waals surface area contributed by atoms with Gasteiger partial charge in [-0.2, -0.15) is 5.26 Å². The average molecular weight is 426 g/mol. The molecule has 0 fully saturated rings. The van der Waals surface area contributed by atoms with Crippen molar-refractivity contribution in [2.24, 2.45) is 5.16 Å². The third-order valence-electron chi connectivity index (χ3n) is 5.33. The Labute approximate surface area is 186 Å². The zero-order valence-corrected chi connectivity index (χ0v) is 17.3. The van der Waals surface area contributed by atoms with Gasteiger partial charge in [0.2, 0.25) is 6.10 Å². The van der Waals surface area contributed by atoms with E-state index in [-0.39, 0.29) is 17.6 Å². The van der Waals surface area contributed by atoms with Crippen LogP contribution in [0.5, 0.6) is 5.75 Å². The molecule has 7 heteroatoms. The Kier molecular flexibility index (Phi) is 6.42. The molecule has 0 aliphatic carbocycles. The van der Waals surface area contributed by atoms with Crippen LogP contribution in [0.15, 0.2) is 78.2 Å². The molecule has 1 aliphatic heterocycles. The molecule has 0 radical (unpaired) electrons. The van der Waals surface area contributed by atoms with Crippen molar-refractivity contribution in [3.05, 3.63) is 89.7 Å². The number of aromatic hydroxyl groups is 1. The zero-order valence-electron chi connectivity index (χ0n) is 17.3. The highest BCUT2D eigenvalue weighted by molar-refractivity contribution is 6.05. The number of nitrogens with zero attached hydrogens (tertiary/aromatic N) is 3. The smallest absolute Gasteiger partial charge is 0.268 e. The SMILES string of the molecule is N#CC(CCc1ccc(NC(=O)C2CC(c3cccnc3)=NO2)cc1)c1cccc(O)c1. The van der Waals surface area contributed by atoms with Gasteiger partial charge in [0, 0.05) is 30.1 Å². The van der Waals surface area contributed by atoms with Crippen molar-refractivity contribution in [1.82, 2.24) is 4.98 Å². The minimum Gasteiger partial charge on any atom is -0.508 e. The summed E-state index contributed by atoms with van der Waals surface area (Å²) in [6.45, 7) is 0. The molecule has 7 nitrogen and oxygen atoms in total. The van der Waals surface area contributed by atoms with Gasteiger partial charge in [-0.1, -0.05) is 29.4 Å². The van der Waals surface area contributed by atoms with Crippen LogP contribution in [0.1, 0.15) is 35.4 Å². The number of benzene rings is 2. The number of aryl methyl sites for hydroxylation is 1. The normalized spacial score (nSPS) is 15.8. The summed E-state index contributed by atoms with van der Waals surface area (Å²) in [7, 11) is 0. The molecule has 160 valence electrons. The van der Waals surface area contributed by atoms with E-state index >= 15 is 0 Å². The molecular weight excluding hydrogens is 404 g/mol. The van der Waals surface area contributed by atoms with Crippen LogP contribution in [0, 0.1) is 11.3 Å². The van der Waals surface area contributed by atoms with Crippen molar-refractivity contribution < 1.29 is 14.7 Å². The summed E-state index contributed by atoms with van der Waals surface area (Å²) in [5.74, 6) is -0.393. The second kappa shape index (κ2) is 9.75. The van der Waals surface area contributed by atoms with Crippen LogP contribution in [0.3, 0.4) is 0 Å². The molecule has 0 spiro atoms. The molecule has 2 N–H and O–H groups in total. The maximum absolute atomic E-state index is 12.5. The first-order valence-electron chi connectivity index (χ1n) is 10.3. The number of carbonyl (C=O) groups is 1. The number of hydrogen-bond acceptors (Lipinski definition) is 6. The number of phenols is 1. The Morgan fingerprint density at radius 2 is 2.06 bits per heavy atom. The molecule has 32 heavy (non-hydrogen) atoms. The minimum absolute atomic E-state index is 0.159. The van der Waals surface area contributed by atoms with Crippen molar-refractivity contribution in [3.8, 4) is 11.8 Å². The number of nitriles is 1. The molecule has 0 saturated heterocycles. The Bertz CT molecular complexity index is 1150. The van der Waals surface area contributed by atoms with Crippen molar-refractivity contribution >= 4 is 17.3 Å². The first-order valence-corrected chi connectivity index (χ1v) is 10.3. The zero-order chi connectivity index (χ0) is 22.3. The molecule has 2 unspecified atom stereocenters. The fraction of sp³-hybridized carbons (Fsp3) is 0.200. The van der Waals surface area contributed by atoms with Crippen LogP contribution < -0.4 is 5.32 Å². The van der Waals surface area contributed by atoms with Crippen LogP contribution in [0.25, 0.3) is 0 Å². The molecule has 4 rings (SSSR count). The Morgan fingerprint density at radius 3 is 2.78 bits per heavy atom. The number of amides is 1. The van der Waals surface area contributed by atoms with E-state index in [9.17, 15) is 15.2 Å². The van der Waals surface area contributed by atoms with E-state index in [1.54, 1.807) is 30.6 Å². The monoisotopic (exact) mass is 426 g/mol. The lowest BCUT2D eigenvalue weighted by molar-refractivity contribution is -0.125. The molecule has 2 heterocycles. The topological polar surface area (TPSA) is 108 Å². The maximum Gasteiger partial charge on any atom is 0.268 e. The largest absolute Gasteiger partial charge is 0.508 e. The van der Waals surface area contributed by atoms with Crippen LogP contribution >= 0.6 is 0 Å². The summed E-state index contributed by atoms with van der Waals surface area (Å²) < 4.78 is 0. The fourth-order valence-electron chi connectivity index (χ4n) is 3.56. The van der Waals surface area contributed by atoms with Gasteiger partial charge in [-0.05, 0) is 60.4 Å². The molecule has 2 aromatic carbocycles. The second-order valence-corrected chi connectivity index (χ2v) is 7.58. The number of oxime groups is 1. The summed E-state index contributed by atoms with van der Waals surface area (Å²) in [5.41, 5.74) is 4.08. The fourth-order valence-corrected chi connectivity index (χ4v) is 3.56. The lowest BCUT2D eigenvalue weighted by atomic mass is 9.93. The average Bonchev–Trinajstić information content (AvgIpc) is 3.32. The lowest BCUT2D eigenvalue weighted by Crippen LogP contribution is -2.28. The first kappa shape index (κ1) is 21.1. The number of pyridine rings is 1. The van der Waals surface area contributed by atoms with Gasteiger partial charge in [0.05, 0.1) is 17.7 Å². The van der Waals surface area contributed by atoms with E-state index in [4.69, 9.17) is 4.84 Å². The number of anilines is 1. The first-order chi connectivity index (χ1) is 15.6. The van der Waals surface area contributed by atoms with Crippen LogP contribution in [-0.2, 0) is 16.1 Å². The van der Waals surface area contributed by atoms with Gasteiger partial charge in [0.25, 0.3) is 5.91 Å². The predicted octanol–water partition coefficient (Wildman–Crippen LogP) is 4.16. The van der Waals surface area contributed by atoms with Crippen LogP contribution in [-0.4, -0.2) is 27.8 Å². The third-order valence-corrected chi connectivity index (χ3v) is 5.33. The predicted molar refractivity (Wildman–Crippen MR) is 120 cm³/mol. The highest BCUT2D eigenvalue weighted by atomic mass is 16.6. The third kappa shape index (κ3) is 5.10. The highest BCUT2D eigenvalue weighted by Gasteiger charge is 2.29. The number of carbonyl (C=O) groups excluding carboxylic acids is 1. The van der Waals surface area contributed by atoms with Crippen LogP contribution in [0.4, 0.5) is 5.69 Å². The summed E-state index contributed by atoms with van der Waals surface area (Å²) in [6.07, 6.45) is 4.43. The number of phenolic OH excluding ortho intramolecular Hbond substituents is 1. The standard InChI is InChI=1S/C25H22N4O3/c26-15-19(18-3-1-5-22(30)13-18)9-6-17-7-10-21(11-8-17)28-25(31)24-14-23(29-32-24)20-4-2-12-27-16-20/h1-5,7-8,10-13,16,19,24,30H,6,9,14H2,(H,28,31). The van der Waals surface area contributed by atoms with Crippen molar-refractivity contribution in [2.45, 2.75) is 31.3 Å². The van der Waals surface area contributed by atoms with Gasteiger partial charge in [0.1, 0.15) is 5.75 Å². The minimum atomic E-state index is -0.677. The van der Waals surface area contributed by atoms with Gasteiger partial charge in [0.15, 0.2) is 0 Å². The molecule has 3 aromatic rings. The van der Waals surface area contributed by atoms with E-state index in [0.717, 1.165) is 16.7 Å².